The lowest BCUT2D eigenvalue weighted by atomic mass is 10.1. The molecule has 1 fully saturated rings. The fraction of sp³-hybridized carbons (Fsp3) is 0.118. The molecule has 1 N–H and O–H groups in total. The summed E-state index contributed by atoms with van der Waals surface area (Å²) in [5.74, 6) is -0.124. The molecular formula is C17H15N3OS. The Morgan fingerprint density at radius 3 is 2.91 bits per heavy atom. The Hall–Kier alpha value is -2.40. The summed E-state index contributed by atoms with van der Waals surface area (Å²) in [6.07, 6.45) is 6.16. The number of hydrogen-bond donors (Lipinski definition) is 1. The lowest BCUT2D eigenvalue weighted by Gasteiger charge is -2.02. The predicted octanol–water partition coefficient (Wildman–Crippen LogP) is 3.54. The number of thioether (sulfide) groups is 1. The van der Waals surface area contributed by atoms with E-state index in [0.717, 1.165) is 23.2 Å². The van der Waals surface area contributed by atoms with Gasteiger partial charge in [-0.1, -0.05) is 31.2 Å². The van der Waals surface area contributed by atoms with Crippen LogP contribution in [0.1, 0.15) is 18.1 Å². The lowest BCUT2D eigenvalue weighted by Crippen LogP contribution is -2.19. The molecule has 2 aromatic rings. The van der Waals surface area contributed by atoms with Gasteiger partial charge in [0.1, 0.15) is 0 Å². The van der Waals surface area contributed by atoms with E-state index < -0.39 is 0 Å². The zero-order valence-electron chi connectivity index (χ0n) is 12.1. The molecule has 1 aliphatic rings. The van der Waals surface area contributed by atoms with E-state index in [4.69, 9.17) is 0 Å². The number of rotatable bonds is 3. The van der Waals surface area contributed by atoms with Crippen LogP contribution in [0.2, 0.25) is 0 Å². The first-order chi connectivity index (χ1) is 10.8. The van der Waals surface area contributed by atoms with Crippen molar-refractivity contribution < 1.29 is 4.79 Å². The van der Waals surface area contributed by atoms with Crippen LogP contribution in [0, 0.1) is 0 Å². The lowest BCUT2D eigenvalue weighted by molar-refractivity contribution is -0.115. The van der Waals surface area contributed by atoms with Gasteiger partial charge in [0.15, 0.2) is 5.17 Å². The van der Waals surface area contributed by atoms with Gasteiger partial charge in [0.25, 0.3) is 5.91 Å². The van der Waals surface area contributed by atoms with Crippen molar-refractivity contribution in [1.82, 2.24) is 10.3 Å². The van der Waals surface area contributed by atoms with E-state index in [0.29, 0.717) is 10.1 Å². The second kappa shape index (κ2) is 6.58. The third kappa shape index (κ3) is 3.26. The normalized spacial score (nSPS) is 18.0. The number of carbonyl (C=O) groups is 1. The van der Waals surface area contributed by atoms with Crippen LogP contribution in [0.25, 0.3) is 6.08 Å². The fourth-order valence-electron chi connectivity index (χ4n) is 2.12. The van der Waals surface area contributed by atoms with Gasteiger partial charge >= 0.3 is 0 Å². The Morgan fingerprint density at radius 2 is 2.14 bits per heavy atom. The maximum absolute atomic E-state index is 12.0. The fourth-order valence-corrected chi connectivity index (χ4v) is 2.96. The van der Waals surface area contributed by atoms with Crippen LogP contribution in [-0.4, -0.2) is 16.1 Å². The van der Waals surface area contributed by atoms with Crippen LogP contribution in [0.5, 0.6) is 0 Å². The monoisotopic (exact) mass is 309 g/mol. The molecule has 4 nitrogen and oxygen atoms in total. The summed E-state index contributed by atoms with van der Waals surface area (Å²) < 4.78 is 0. The summed E-state index contributed by atoms with van der Waals surface area (Å²) in [7, 11) is 0. The minimum Gasteiger partial charge on any atom is -0.300 e. The minimum absolute atomic E-state index is 0.124. The molecule has 0 saturated carbocycles. The average Bonchev–Trinajstić information content (AvgIpc) is 2.88. The highest BCUT2D eigenvalue weighted by Gasteiger charge is 2.23. The quantitative estimate of drug-likeness (QED) is 0.882. The maximum Gasteiger partial charge on any atom is 0.264 e. The molecule has 0 bridgehead atoms. The molecular weight excluding hydrogens is 294 g/mol. The van der Waals surface area contributed by atoms with E-state index in [1.54, 1.807) is 12.4 Å². The molecule has 5 heteroatoms. The summed E-state index contributed by atoms with van der Waals surface area (Å²) in [5.41, 5.74) is 2.96. The molecule has 1 aromatic carbocycles. The molecule has 2 heterocycles. The van der Waals surface area contributed by atoms with Gasteiger partial charge < -0.3 is 5.32 Å². The van der Waals surface area contributed by atoms with Crippen LogP contribution in [0.3, 0.4) is 0 Å². The molecule has 1 aliphatic heterocycles. The number of amides is 1. The van der Waals surface area contributed by atoms with Crippen molar-refractivity contribution in [2.45, 2.75) is 13.3 Å². The third-order valence-electron chi connectivity index (χ3n) is 3.23. The number of benzene rings is 1. The number of amidine groups is 1. The predicted molar refractivity (Wildman–Crippen MR) is 90.9 cm³/mol. The Labute approximate surface area is 133 Å². The average molecular weight is 309 g/mol. The summed E-state index contributed by atoms with van der Waals surface area (Å²) >= 11 is 1.35. The molecule has 0 aliphatic carbocycles. The topological polar surface area (TPSA) is 54.4 Å². The molecule has 0 atom stereocenters. The van der Waals surface area contributed by atoms with Gasteiger partial charge in [-0.3, -0.25) is 9.78 Å². The highest BCUT2D eigenvalue weighted by atomic mass is 32.2. The summed E-state index contributed by atoms with van der Waals surface area (Å²) in [5, 5.41) is 3.42. The SMILES string of the molecule is CCc1ccccc1N=C1NC(=O)/C(=C/c2cccnc2)S1. The Kier molecular flexibility index (Phi) is 4.34. The number of para-hydroxylation sites is 1. The molecule has 22 heavy (non-hydrogen) atoms. The van der Waals surface area contributed by atoms with Crippen molar-refractivity contribution in [3.63, 3.8) is 0 Å². The highest BCUT2D eigenvalue weighted by Crippen LogP contribution is 2.29. The number of carbonyl (C=O) groups excluding carboxylic acids is 1. The second-order valence-electron chi connectivity index (χ2n) is 4.75. The zero-order chi connectivity index (χ0) is 15.4. The summed E-state index contributed by atoms with van der Waals surface area (Å²) in [6, 6.07) is 11.7. The molecule has 1 saturated heterocycles. The molecule has 3 rings (SSSR count). The van der Waals surface area contributed by atoms with Crippen molar-refractivity contribution in [1.29, 1.82) is 0 Å². The number of nitrogens with one attached hydrogen (secondary N) is 1. The molecule has 0 spiro atoms. The van der Waals surface area contributed by atoms with E-state index in [9.17, 15) is 4.79 Å². The first kappa shape index (κ1) is 14.5. The minimum atomic E-state index is -0.124. The number of pyridine rings is 1. The molecule has 1 amide bonds. The van der Waals surface area contributed by atoms with E-state index in [-0.39, 0.29) is 5.91 Å². The first-order valence-electron chi connectivity index (χ1n) is 7.04. The molecule has 0 unspecified atom stereocenters. The van der Waals surface area contributed by atoms with Crippen LogP contribution >= 0.6 is 11.8 Å². The van der Waals surface area contributed by atoms with Crippen LogP contribution in [0.15, 0.2) is 58.7 Å². The second-order valence-corrected chi connectivity index (χ2v) is 5.78. The number of aromatic nitrogens is 1. The Balaban J connectivity index is 1.85. The van der Waals surface area contributed by atoms with Crippen molar-refractivity contribution in [3.8, 4) is 0 Å². The first-order valence-corrected chi connectivity index (χ1v) is 7.85. The molecule has 0 radical (unpaired) electrons. The number of nitrogens with zero attached hydrogens (tertiary/aromatic N) is 2. The van der Waals surface area contributed by atoms with Gasteiger partial charge in [-0.25, -0.2) is 4.99 Å². The van der Waals surface area contributed by atoms with Crippen molar-refractivity contribution in [2.24, 2.45) is 4.99 Å². The standard InChI is InChI=1S/C17H15N3OS/c1-2-13-7-3-4-8-14(13)19-17-20-16(21)15(22-17)10-12-6-5-9-18-11-12/h3-11H,2H2,1H3,(H,19,20,21)/b15-10-. The van der Waals surface area contributed by atoms with Crippen molar-refractivity contribution in [2.75, 3.05) is 0 Å². The van der Waals surface area contributed by atoms with Gasteiger partial charge in [0.05, 0.1) is 10.6 Å². The van der Waals surface area contributed by atoms with Gasteiger partial charge in [0, 0.05) is 12.4 Å². The number of aliphatic imine (C=N–C) groups is 1. The number of hydrogen-bond acceptors (Lipinski definition) is 4. The third-order valence-corrected chi connectivity index (χ3v) is 4.14. The van der Waals surface area contributed by atoms with E-state index in [1.165, 1.54) is 11.8 Å². The van der Waals surface area contributed by atoms with Crippen molar-refractivity contribution in [3.05, 3.63) is 64.8 Å². The molecule has 110 valence electrons. The zero-order valence-corrected chi connectivity index (χ0v) is 12.9. The Morgan fingerprint density at radius 1 is 1.27 bits per heavy atom. The molecule has 1 aromatic heterocycles. The highest BCUT2D eigenvalue weighted by molar-refractivity contribution is 8.18. The largest absolute Gasteiger partial charge is 0.300 e. The van der Waals surface area contributed by atoms with E-state index in [2.05, 4.69) is 22.2 Å². The van der Waals surface area contributed by atoms with Gasteiger partial charge in [0.2, 0.25) is 0 Å². The number of aryl methyl sites for hydroxylation is 1. The van der Waals surface area contributed by atoms with Gasteiger partial charge in [-0.2, -0.15) is 0 Å². The van der Waals surface area contributed by atoms with Crippen molar-refractivity contribution >= 4 is 34.6 Å². The van der Waals surface area contributed by atoms with Crippen LogP contribution < -0.4 is 5.32 Å². The van der Waals surface area contributed by atoms with E-state index in [1.807, 2.05) is 42.5 Å². The van der Waals surface area contributed by atoms with Gasteiger partial charge in [-0.15, -0.1) is 0 Å². The van der Waals surface area contributed by atoms with Crippen LogP contribution in [-0.2, 0) is 11.2 Å². The smallest absolute Gasteiger partial charge is 0.264 e. The van der Waals surface area contributed by atoms with Crippen LogP contribution in [0.4, 0.5) is 5.69 Å². The van der Waals surface area contributed by atoms with E-state index >= 15 is 0 Å². The van der Waals surface area contributed by atoms with Gasteiger partial charge in [-0.05, 0) is 47.5 Å². The maximum atomic E-state index is 12.0. The summed E-state index contributed by atoms with van der Waals surface area (Å²) in [6.45, 7) is 2.09. The Bertz CT molecular complexity index is 754. The summed E-state index contributed by atoms with van der Waals surface area (Å²) in [4.78, 5) is 21.3.